The molecule has 1 aliphatic heterocycles. The number of nitrogen functional groups attached to an aromatic ring is 1. The largest absolute Gasteiger partial charge is 0.398 e. The molecule has 0 radical (unpaired) electrons. The van der Waals surface area contributed by atoms with E-state index in [1.165, 1.54) is 48.6 Å². The van der Waals surface area contributed by atoms with Crippen molar-refractivity contribution in [1.82, 2.24) is 5.32 Å². The molecule has 0 spiro atoms. The van der Waals surface area contributed by atoms with Gasteiger partial charge in [-0.2, -0.15) is 0 Å². The van der Waals surface area contributed by atoms with E-state index in [0.29, 0.717) is 0 Å². The standard InChI is InChI=1S/C14H22N2S/c1-11-4-5-14(13(15)9-11)17-8-6-12-3-2-7-16-10-12/h4-5,9,12,16H,2-3,6-8,10,15H2,1H3. The number of aryl methyl sites for hydroxylation is 1. The molecular weight excluding hydrogens is 228 g/mol. The molecule has 3 heteroatoms. The van der Waals surface area contributed by atoms with Gasteiger partial charge < -0.3 is 11.1 Å². The average molecular weight is 250 g/mol. The number of hydrogen-bond acceptors (Lipinski definition) is 3. The first-order valence-electron chi connectivity index (χ1n) is 6.45. The Bertz CT molecular complexity index is 359. The van der Waals surface area contributed by atoms with E-state index >= 15 is 0 Å². The molecule has 3 N–H and O–H groups in total. The van der Waals surface area contributed by atoms with Gasteiger partial charge in [-0.15, -0.1) is 11.8 Å². The number of hydrogen-bond donors (Lipinski definition) is 2. The molecule has 1 heterocycles. The van der Waals surface area contributed by atoms with Gasteiger partial charge in [-0.05, 0) is 68.6 Å². The molecule has 17 heavy (non-hydrogen) atoms. The highest BCUT2D eigenvalue weighted by Crippen LogP contribution is 2.28. The quantitative estimate of drug-likeness (QED) is 0.637. The van der Waals surface area contributed by atoms with Crippen molar-refractivity contribution < 1.29 is 0 Å². The molecule has 0 aliphatic carbocycles. The number of anilines is 1. The minimum Gasteiger partial charge on any atom is -0.398 e. The Morgan fingerprint density at radius 1 is 1.47 bits per heavy atom. The Morgan fingerprint density at radius 2 is 2.35 bits per heavy atom. The van der Waals surface area contributed by atoms with Crippen LogP contribution in [0.1, 0.15) is 24.8 Å². The van der Waals surface area contributed by atoms with Gasteiger partial charge in [0.25, 0.3) is 0 Å². The maximum atomic E-state index is 6.01. The lowest BCUT2D eigenvalue weighted by molar-refractivity contribution is 0.371. The van der Waals surface area contributed by atoms with Crippen molar-refractivity contribution in [2.24, 2.45) is 5.92 Å². The summed E-state index contributed by atoms with van der Waals surface area (Å²) in [5.74, 6) is 2.04. The molecule has 0 amide bonds. The van der Waals surface area contributed by atoms with Gasteiger partial charge in [-0.1, -0.05) is 6.07 Å². The molecular formula is C14H22N2S. The van der Waals surface area contributed by atoms with Gasteiger partial charge in [0.05, 0.1) is 0 Å². The molecule has 0 aromatic heterocycles. The summed E-state index contributed by atoms with van der Waals surface area (Å²) in [6.45, 7) is 4.48. The minimum absolute atomic E-state index is 0.864. The van der Waals surface area contributed by atoms with E-state index in [9.17, 15) is 0 Å². The molecule has 1 atom stereocenters. The van der Waals surface area contributed by atoms with Crippen molar-refractivity contribution >= 4 is 17.4 Å². The Kier molecular flexibility index (Phi) is 4.75. The lowest BCUT2D eigenvalue weighted by Crippen LogP contribution is -2.29. The Hall–Kier alpha value is -0.670. The number of benzene rings is 1. The van der Waals surface area contributed by atoms with Crippen LogP contribution in [0, 0.1) is 12.8 Å². The zero-order valence-electron chi connectivity index (χ0n) is 10.5. The normalized spacial score (nSPS) is 20.4. The number of nitrogens with one attached hydrogen (secondary N) is 1. The van der Waals surface area contributed by atoms with Crippen molar-refractivity contribution in [1.29, 1.82) is 0 Å². The van der Waals surface area contributed by atoms with E-state index in [1.807, 2.05) is 11.8 Å². The third kappa shape index (κ3) is 3.93. The van der Waals surface area contributed by atoms with Crippen LogP contribution in [-0.2, 0) is 0 Å². The fraction of sp³-hybridized carbons (Fsp3) is 0.571. The van der Waals surface area contributed by atoms with E-state index in [0.717, 1.165) is 11.6 Å². The summed E-state index contributed by atoms with van der Waals surface area (Å²) < 4.78 is 0. The van der Waals surface area contributed by atoms with Gasteiger partial charge in [-0.3, -0.25) is 0 Å². The predicted molar refractivity (Wildman–Crippen MR) is 76.5 cm³/mol. The molecule has 2 nitrogen and oxygen atoms in total. The first-order valence-corrected chi connectivity index (χ1v) is 7.44. The summed E-state index contributed by atoms with van der Waals surface area (Å²) in [5.41, 5.74) is 8.17. The van der Waals surface area contributed by atoms with Crippen LogP contribution in [0.4, 0.5) is 5.69 Å². The van der Waals surface area contributed by atoms with Gasteiger partial charge in [0.15, 0.2) is 0 Å². The number of piperidine rings is 1. The maximum absolute atomic E-state index is 6.01. The van der Waals surface area contributed by atoms with Crippen LogP contribution in [0.3, 0.4) is 0 Å². The van der Waals surface area contributed by atoms with E-state index in [-0.39, 0.29) is 0 Å². The second-order valence-electron chi connectivity index (χ2n) is 4.89. The monoisotopic (exact) mass is 250 g/mol. The molecule has 94 valence electrons. The van der Waals surface area contributed by atoms with Crippen molar-refractivity contribution in [3.8, 4) is 0 Å². The summed E-state index contributed by atoms with van der Waals surface area (Å²) in [6, 6.07) is 6.35. The second-order valence-corrected chi connectivity index (χ2v) is 6.03. The molecule has 1 aromatic rings. The lowest BCUT2D eigenvalue weighted by Gasteiger charge is -2.22. The number of nitrogens with two attached hydrogens (primary N) is 1. The zero-order chi connectivity index (χ0) is 12.1. The SMILES string of the molecule is Cc1ccc(SCCC2CCCNC2)c(N)c1. The van der Waals surface area contributed by atoms with Crippen molar-refractivity contribution in [2.45, 2.75) is 31.1 Å². The van der Waals surface area contributed by atoms with Gasteiger partial charge in [-0.25, -0.2) is 0 Å². The van der Waals surface area contributed by atoms with E-state index in [2.05, 4.69) is 30.4 Å². The maximum Gasteiger partial charge on any atom is 0.0454 e. The number of rotatable bonds is 4. The molecule has 1 unspecified atom stereocenters. The predicted octanol–water partition coefficient (Wildman–Crippen LogP) is 3.06. The summed E-state index contributed by atoms with van der Waals surface area (Å²) in [4.78, 5) is 1.24. The Morgan fingerprint density at radius 3 is 3.06 bits per heavy atom. The van der Waals surface area contributed by atoms with Gasteiger partial charge in [0.2, 0.25) is 0 Å². The van der Waals surface area contributed by atoms with E-state index in [4.69, 9.17) is 5.73 Å². The third-order valence-electron chi connectivity index (χ3n) is 3.35. The first-order chi connectivity index (χ1) is 8.25. The fourth-order valence-electron chi connectivity index (χ4n) is 2.31. The first kappa shape index (κ1) is 12.8. The highest BCUT2D eigenvalue weighted by Gasteiger charge is 2.12. The Balaban J connectivity index is 1.77. The highest BCUT2D eigenvalue weighted by atomic mass is 32.2. The molecule has 2 rings (SSSR count). The van der Waals surface area contributed by atoms with Crippen LogP contribution >= 0.6 is 11.8 Å². The Labute approximate surface area is 108 Å². The van der Waals surface area contributed by atoms with E-state index in [1.54, 1.807) is 0 Å². The topological polar surface area (TPSA) is 38.0 Å². The van der Waals surface area contributed by atoms with Crippen LogP contribution in [0.5, 0.6) is 0 Å². The number of thioether (sulfide) groups is 1. The van der Waals surface area contributed by atoms with Crippen LogP contribution in [0.15, 0.2) is 23.1 Å². The molecule has 0 saturated carbocycles. The highest BCUT2D eigenvalue weighted by molar-refractivity contribution is 7.99. The summed E-state index contributed by atoms with van der Waals surface area (Å²) in [6.07, 6.45) is 4.02. The molecule has 1 saturated heterocycles. The second kappa shape index (κ2) is 6.31. The van der Waals surface area contributed by atoms with Gasteiger partial charge in [0, 0.05) is 10.6 Å². The summed E-state index contributed by atoms with van der Waals surface area (Å²) in [5, 5.41) is 3.47. The molecule has 1 fully saturated rings. The zero-order valence-corrected chi connectivity index (χ0v) is 11.4. The molecule has 0 bridgehead atoms. The molecule has 1 aliphatic rings. The summed E-state index contributed by atoms with van der Waals surface area (Å²) >= 11 is 1.90. The fourth-order valence-corrected chi connectivity index (χ4v) is 3.37. The van der Waals surface area contributed by atoms with Crippen LogP contribution in [0.25, 0.3) is 0 Å². The smallest absolute Gasteiger partial charge is 0.0454 e. The van der Waals surface area contributed by atoms with Gasteiger partial charge in [0.1, 0.15) is 0 Å². The van der Waals surface area contributed by atoms with Crippen LogP contribution in [-0.4, -0.2) is 18.8 Å². The average Bonchev–Trinajstić information content (AvgIpc) is 2.33. The third-order valence-corrected chi connectivity index (χ3v) is 4.47. The molecule has 1 aromatic carbocycles. The van der Waals surface area contributed by atoms with Crippen LogP contribution in [0.2, 0.25) is 0 Å². The lowest BCUT2D eigenvalue weighted by atomic mass is 9.97. The van der Waals surface area contributed by atoms with Crippen molar-refractivity contribution in [3.63, 3.8) is 0 Å². The van der Waals surface area contributed by atoms with Gasteiger partial charge >= 0.3 is 0 Å². The van der Waals surface area contributed by atoms with Crippen LogP contribution < -0.4 is 11.1 Å². The summed E-state index contributed by atoms with van der Waals surface area (Å²) in [7, 11) is 0. The van der Waals surface area contributed by atoms with Crippen molar-refractivity contribution in [3.05, 3.63) is 23.8 Å². The van der Waals surface area contributed by atoms with Crippen molar-refractivity contribution in [2.75, 3.05) is 24.6 Å². The minimum atomic E-state index is 0.864. The van der Waals surface area contributed by atoms with E-state index < -0.39 is 0 Å².